The second kappa shape index (κ2) is 11.3. The summed E-state index contributed by atoms with van der Waals surface area (Å²) in [6.45, 7) is 0.0297. The minimum atomic E-state index is -3.96. The first-order chi connectivity index (χ1) is 19.2. The van der Waals surface area contributed by atoms with Gasteiger partial charge in [-0.2, -0.15) is 0 Å². The summed E-state index contributed by atoms with van der Waals surface area (Å²) in [6, 6.07) is 19.0. The highest BCUT2D eigenvalue weighted by Crippen LogP contribution is 2.45. The number of rotatable bonds is 7. The van der Waals surface area contributed by atoms with Crippen molar-refractivity contribution in [1.82, 2.24) is 15.4 Å². The Morgan fingerprint density at radius 1 is 1.07 bits per heavy atom. The molecule has 40 heavy (non-hydrogen) atoms. The quantitative estimate of drug-likeness (QED) is 0.222. The number of aromatic nitrogens is 1. The molecule has 4 aromatic rings. The Labute approximate surface area is 235 Å². The molecule has 208 valence electrons. The van der Waals surface area contributed by atoms with Gasteiger partial charge in [-0.3, -0.25) is 14.8 Å². The fraction of sp³-hybridized carbons (Fsp3) is 0.250. The van der Waals surface area contributed by atoms with E-state index in [4.69, 9.17) is 10.2 Å². The summed E-state index contributed by atoms with van der Waals surface area (Å²) in [5, 5.41) is 9.31. The number of nitrogens with two attached hydrogens (primary N) is 1. The van der Waals surface area contributed by atoms with Gasteiger partial charge in [-0.05, 0) is 29.7 Å². The molecule has 2 aromatic carbocycles. The highest BCUT2D eigenvalue weighted by atomic mass is 32.2. The summed E-state index contributed by atoms with van der Waals surface area (Å²) in [7, 11) is -3.96. The monoisotopic (exact) mass is 580 g/mol. The van der Waals surface area contributed by atoms with Gasteiger partial charge in [0.2, 0.25) is 11.8 Å². The lowest BCUT2D eigenvalue weighted by molar-refractivity contribution is -0.132. The molecule has 12 heteroatoms. The number of benzene rings is 2. The third kappa shape index (κ3) is 5.30. The SMILES string of the molecule is N[C@H](C(=O)N1CCC(CC(=O)NO)(c2ccc(-c3ccc(-c4cnco4)cc3)s2)S(=O)(=O)CC1)c1ccccc1. The molecule has 0 aliphatic carbocycles. The third-order valence-corrected chi connectivity index (χ3v) is 11.2. The Hall–Kier alpha value is -3.84. The van der Waals surface area contributed by atoms with E-state index in [1.807, 2.05) is 36.4 Å². The van der Waals surface area contributed by atoms with Gasteiger partial charge in [-0.1, -0.05) is 54.6 Å². The van der Waals surface area contributed by atoms with E-state index in [0.29, 0.717) is 16.2 Å². The van der Waals surface area contributed by atoms with E-state index in [2.05, 4.69) is 4.98 Å². The van der Waals surface area contributed by atoms with Crippen LogP contribution in [-0.4, -0.2) is 54.2 Å². The maximum atomic E-state index is 13.9. The van der Waals surface area contributed by atoms with Crippen LogP contribution in [-0.2, 0) is 24.2 Å². The summed E-state index contributed by atoms with van der Waals surface area (Å²) in [4.78, 5) is 32.4. The lowest BCUT2D eigenvalue weighted by atomic mass is 9.96. The minimum Gasteiger partial charge on any atom is -0.444 e. The van der Waals surface area contributed by atoms with E-state index >= 15 is 0 Å². The number of hydrogen-bond acceptors (Lipinski definition) is 9. The Morgan fingerprint density at radius 2 is 1.80 bits per heavy atom. The van der Waals surface area contributed by atoms with Crippen LogP contribution in [0, 0.1) is 0 Å². The number of oxazole rings is 1. The van der Waals surface area contributed by atoms with Crippen molar-refractivity contribution >= 4 is 33.0 Å². The Balaban J connectivity index is 1.46. The molecule has 0 saturated carbocycles. The fourth-order valence-corrected chi connectivity index (χ4v) is 8.59. The number of amides is 2. The highest BCUT2D eigenvalue weighted by Gasteiger charge is 2.50. The van der Waals surface area contributed by atoms with Crippen molar-refractivity contribution in [3.05, 3.63) is 89.8 Å². The normalized spacial score (nSPS) is 19.5. The Kier molecular flexibility index (Phi) is 7.86. The lowest BCUT2D eigenvalue weighted by Gasteiger charge is -2.30. The first-order valence-corrected chi connectivity index (χ1v) is 15.1. The molecule has 2 aromatic heterocycles. The molecule has 10 nitrogen and oxygen atoms in total. The maximum absolute atomic E-state index is 13.9. The van der Waals surface area contributed by atoms with E-state index in [1.54, 1.807) is 42.0 Å². The Morgan fingerprint density at radius 3 is 2.48 bits per heavy atom. The van der Waals surface area contributed by atoms with Gasteiger partial charge in [0, 0.05) is 28.4 Å². The van der Waals surface area contributed by atoms with Crippen molar-refractivity contribution in [3.63, 3.8) is 0 Å². The van der Waals surface area contributed by atoms with Crippen molar-refractivity contribution < 1.29 is 27.6 Å². The molecule has 1 saturated heterocycles. The zero-order chi connectivity index (χ0) is 28.3. The van der Waals surface area contributed by atoms with Crippen LogP contribution in [0.5, 0.6) is 0 Å². The minimum absolute atomic E-state index is 0.0274. The highest BCUT2D eigenvalue weighted by molar-refractivity contribution is 7.92. The van der Waals surface area contributed by atoms with Crippen LogP contribution in [0.15, 0.2) is 83.7 Å². The zero-order valence-electron chi connectivity index (χ0n) is 21.4. The standard InChI is InChI=1S/C28H28N4O6S2/c29-26(21-4-2-1-3-5-21)27(34)32-13-12-28(16-25(33)31-35,40(36,37)15-14-32)24-11-10-23(39-24)20-8-6-19(7-9-20)22-17-30-18-38-22/h1-11,17-18,26,35H,12-16,29H2,(H,31,33)/t26-,28?/m0/s1. The van der Waals surface area contributed by atoms with Gasteiger partial charge in [-0.25, -0.2) is 18.9 Å². The molecule has 3 heterocycles. The molecule has 2 atom stereocenters. The number of hydrogen-bond donors (Lipinski definition) is 3. The van der Waals surface area contributed by atoms with Crippen LogP contribution in [0.2, 0.25) is 0 Å². The van der Waals surface area contributed by atoms with Gasteiger partial charge in [0.15, 0.2) is 22.0 Å². The predicted molar refractivity (Wildman–Crippen MR) is 150 cm³/mol. The number of nitrogens with zero attached hydrogens (tertiary/aromatic N) is 2. The average molecular weight is 581 g/mol. The smallest absolute Gasteiger partial charge is 0.245 e. The summed E-state index contributed by atoms with van der Waals surface area (Å²) in [6.07, 6.45) is 2.46. The summed E-state index contributed by atoms with van der Waals surface area (Å²) in [5.41, 5.74) is 10.1. The Bertz CT molecular complexity index is 1590. The first-order valence-electron chi connectivity index (χ1n) is 12.6. The summed E-state index contributed by atoms with van der Waals surface area (Å²) < 4.78 is 31.4. The molecule has 1 fully saturated rings. The molecule has 1 aliphatic rings. The largest absolute Gasteiger partial charge is 0.444 e. The topological polar surface area (TPSA) is 156 Å². The molecule has 2 amide bonds. The zero-order valence-corrected chi connectivity index (χ0v) is 23.0. The second-order valence-electron chi connectivity index (χ2n) is 9.60. The third-order valence-electron chi connectivity index (χ3n) is 7.26. The van der Waals surface area contributed by atoms with Crippen LogP contribution in [0.25, 0.3) is 21.8 Å². The van der Waals surface area contributed by atoms with Crippen LogP contribution in [0.1, 0.15) is 29.3 Å². The molecule has 0 bridgehead atoms. The molecule has 0 spiro atoms. The molecular weight excluding hydrogens is 552 g/mol. The molecule has 5 rings (SSSR count). The molecular formula is C28H28N4O6S2. The number of nitrogens with one attached hydrogen (secondary N) is 1. The van der Waals surface area contributed by atoms with E-state index in [-0.39, 0.29) is 31.2 Å². The van der Waals surface area contributed by atoms with Gasteiger partial charge < -0.3 is 15.1 Å². The molecule has 0 radical (unpaired) electrons. The van der Waals surface area contributed by atoms with Crippen molar-refractivity contribution in [3.8, 4) is 21.8 Å². The number of thiophene rings is 1. The number of carbonyl (C=O) groups is 2. The fourth-order valence-electron chi connectivity index (χ4n) is 4.98. The molecule has 1 aliphatic heterocycles. The summed E-state index contributed by atoms with van der Waals surface area (Å²) in [5.74, 6) is -0.931. The lowest BCUT2D eigenvalue weighted by Crippen LogP contribution is -2.41. The predicted octanol–water partition coefficient (Wildman–Crippen LogP) is 3.51. The van der Waals surface area contributed by atoms with Crippen LogP contribution >= 0.6 is 11.3 Å². The number of hydroxylamine groups is 1. The first kappa shape index (κ1) is 27.7. The van der Waals surface area contributed by atoms with E-state index in [1.165, 1.54) is 22.6 Å². The number of sulfone groups is 1. The number of carbonyl (C=O) groups excluding carboxylic acids is 2. The van der Waals surface area contributed by atoms with Gasteiger partial charge in [0.05, 0.1) is 18.4 Å². The van der Waals surface area contributed by atoms with Crippen LogP contribution in [0.3, 0.4) is 0 Å². The van der Waals surface area contributed by atoms with Gasteiger partial charge in [0.1, 0.15) is 10.8 Å². The van der Waals surface area contributed by atoms with Gasteiger partial charge >= 0.3 is 0 Å². The van der Waals surface area contributed by atoms with Crippen molar-refractivity contribution in [2.75, 3.05) is 18.8 Å². The van der Waals surface area contributed by atoms with Crippen molar-refractivity contribution in [2.24, 2.45) is 5.73 Å². The van der Waals surface area contributed by atoms with E-state index in [0.717, 1.165) is 16.0 Å². The van der Waals surface area contributed by atoms with Crippen LogP contribution in [0.4, 0.5) is 0 Å². The average Bonchev–Trinajstić information content (AvgIpc) is 3.67. The summed E-state index contributed by atoms with van der Waals surface area (Å²) >= 11 is 1.27. The van der Waals surface area contributed by atoms with Gasteiger partial charge in [-0.15, -0.1) is 11.3 Å². The van der Waals surface area contributed by atoms with E-state index in [9.17, 15) is 23.2 Å². The molecule has 4 N–H and O–H groups in total. The van der Waals surface area contributed by atoms with Crippen molar-refractivity contribution in [2.45, 2.75) is 23.6 Å². The van der Waals surface area contributed by atoms with Crippen LogP contribution < -0.4 is 11.2 Å². The van der Waals surface area contributed by atoms with Gasteiger partial charge in [0.25, 0.3) is 0 Å². The van der Waals surface area contributed by atoms with E-state index < -0.39 is 33.0 Å². The second-order valence-corrected chi connectivity index (χ2v) is 13.1. The molecule has 1 unspecified atom stereocenters. The maximum Gasteiger partial charge on any atom is 0.245 e. The van der Waals surface area contributed by atoms with Crippen molar-refractivity contribution in [1.29, 1.82) is 0 Å².